The molecular formula is C17H27FN2. The number of rotatable bonds is 5. The molecule has 20 heavy (non-hydrogen) atoms. The lowest BCUT2D eigenvalue weighted by Crippen LogP contribution is -2.39. The molecule has 0 saturated carbocycles. The van der Waals surface area contributed by atoms with Gasteiger partial charge in [0.15, 0.2) is 0 Å². The molecule has 1 unspecified atom stereocenters. The van der Waals surface area contributed by atoms with Crippen LogP contribution in [0.3, 0.4) is 0 Å². The first-order valence-corrected chi connectivity index (χ1v) is 7.77. The van der Waals surface area contributed by atoms with Crippen molar-refractivity contribution in [1.29, 1.82) is 0 Å². The minimum atomic E-state index is -0.0960. The van der Waals surface area contributed by atoms with E-state index in [4.69, 9.17) is 0 Å². The fourth-order valence-corrected chi connectivity index (χ4v) is 3.21. The summed E-state index contributed by atoms with van der Waals surface area (Å²) in [5, 5.41) is 3.41. The van der Waals surface area contributed by atoms with Gasteiger partial charge >= 0.3 is 0 Å². The highest BCUT2D eigenvalue weighted by molar-refractivity contribution is 5.58. The fourth-order valence-electron chi connectivity index (χ4n) is 3.21. The third kappa shape index (κ3) is 2.98. The van der Waals surface area contributed by atoms with Crippen molar-refractivity contribution in [3.63, 3.8) is 0 Å². The van der Waals surface area contributed by atoms with Crippen molar-refractivity contribution in [2.75, 3.05) is 18.0 Å². The third-order valence-electron chi connectivity index (χ3n) is 4.36. The summed E-state index contributed by atoms with van der Waals surface area (Å²) in [7, 11) is 0. The molecule has 1 fully saturated rings. The minimum absolute atomic E-state index is 0.0440. The first-order valence-electron chi connectivity index (χ1n) is 7.77. The van der Waals surface area contributed by atoms with E-state index in [1.165, 1.54) is 12.8 Å². The SMILES string of the molecule is CCCNC(C)c1c(F)cccc1N1CCCC1(C)C. The zero-order valence-electron chi connectivity index (χ0n) is 13.2. The molecule has 2 rings (SSSR count). The minimum Gasteiger partial charge on any atom is -0.366 e. The summed E-state index contributed by atoms with van der Waals surface area (Å²) in [5.74, 6) is -0.0960. The van der Waals surface area contributed by atoms with Crippen molar-refractivity contribution in [1.82, 2.24) is 5.32 Å². The van der Waals surface area contributed by atoms with Crippen LogP contribution in [0.5, 0.6) is 0 Å². The summed E-state index contributed by atoms with van der Waals surface area (Å²) in [5.41, 5.74) is 1.99. The molecule has 0 spiro atoms. The number of halogens is 1. The zero-order valence-corrected chi connectivity index (χ0v) is 13.2. The maximum atomic E-state index is 14.4. The molecule has 0 bridgehead atoms. The molecule has 0 aliphatic carbocycles. The Morgan fingerprint density at radius 3 is 2.75 bits per heavy atom. The van der Waals surface area contributed by atoms with Crippen LogP contribution in [0, 0.1) is 5.82 Å². The van der Waals surface area contributed by atoms with E-state index < -0.39 is 0 Å². The molecule has 2 nitrogen and oxygen atoms in total. The summed E-state index contributed by atoms with van der Waals surface area (Å²) in [6.45, 7) is 10.6. The lowest BCUT2D eigenvalue weighted by atomic mass is 9.98. The maximum absolute atomic E-state index is 14.4. The van der Waals surface area contributed by atoms with Crippen LogP contribution in [-0.2, 0) is 0 Å². The molecule has 3 heteroatoms. The van der Waals surface area contributed by atoms with Crippen molar-refractivity contribution in [2.45, 2.75) is 58.5 Å². The van der Waals surface area contributed by atoms with E-state index in [0.29, 0.717) is 0 Å². The zero-order chi connectivity index (χ0) is 14.8. The Kier molecular flexibility index (Phi) is 4.69. The second kappa shape index (κ2) is 6.13. The molecular weight excluding hydrogens is 251 g/mol. The second-order valence-corrected chi connectivity index (χ2v) is 6.42. The summed E-state index contributed by atoms with van der Waals surface area (Å²) >= 11 is 0. The molecule has 1 atom stereocenters. The largest absolute Gasteiger partial charge is 0.366 e. The van der Waals surface area contributed by atoms with Gasteiger partial charge in [-0.3, -0.25) is 0 Å². The average molecular weight is 278 g/mol. The van der Waals surface area contributed by atoms with E-state index in [-0.39, 0.29) is 17.4 Å². The molecule has 0 aromatic heterocycles. The van der Waals surface area contributed by atoms with Gasteiger partial charge in [-0.15, -0.1) is 0 Å². The predicted octanol–water partition coefficient (Wildman–Crippen LogP) is 4.27. The number of benzene rings is 1. The topological polar surface area (TPSA) is 15.3 Å². The Balaban J connectivity index is 2.36. The van der Waals surface area contributed by atoms with E-state index in [9.17, 15) is 4.39 Å². The molecule has 1 N–H and O–H groups in total. The smallest absolute Gasteiger partial charge is 0.130 e. The highest BCUT2D eigenvalue weighted by Gasteiger charge is 2.34. The van der Waals surface area contributed by atoms with E-state index >= 15 is 0 Å². The molecule has 1 heterocycles. The van der Waals surface area contributed by atoms with Gasteiger partial charge in [0.25, 0.3) is 0 Å². The molecule has 1 saturated heterocycles. The van der Waals surface area contributed by atoms with Gasteiger partial charge in [-0.05, 0) is 58.7 Å². The molecule has 1 aromatic carbocycles. The Morgan fingerprint density at radius 2 is 2.15 bits per heavy atom. The van der Waals surface area contributed by atoms with Crippen molar-refractivity contribution < 1.29 is 4.39 Å². The number of hydrogen-bond donors (Lipinski definition) is 1. The first-order chi connectivity index (χ1) is 9.47. The number of nitrogens with zero attached hydrogens (tertiary/aromatic N) is 1. The lowest BCUT2D eigenvalue weighted by molar-refractivity contribution is 0.499. The van der Waals surface area contributed by atoms with Crippen LogP contribution in [0.25, 0.3) is 0 Å². The molecule has 112 valence electrons. The third-order valence-corrected chi connectivity index (χ3v) is 4.36. The van der Waals surface area contributed by atoms with Crippen LogP contribution in [-0.4, -0.2) is 18.6 Å². The second-order valence-electron chi connectivity index (χ2n) is 6.42. The quantitative estimate of drug-likeness (QED) is 0.865. The Morgan fingerprint density at radius 1 is 1.40 bits per heavy atom. The van der Waals surface area contributed by atoms with Gasteiger partial charge in [0.1, 0.15) is 5.82 Å². The summed E-state index contributed by atoms with van der Waals surface area (Å²) < 4.78 is 14.4. The van der Waals surface area contributed by atoms with E-state index in [2.05, 4.69) is 44.0 Å². The van der Waals surface area contributed by atoms with Crippen LogP contribution in [0.15, 0.2) is 18.2 Å². The van der Waals surface area contributed by atoms with Crippen LogP contribution >= 0.6 is 0 Å². The standard InChI is InChI=1S/C17H27FN2/c1-5-11-19-13(2)16-14(18)8-6-9-15(16)20-12-7-10-17(20,3)4/h6,8-9,13,19H,5,7,10-12H2,1-4H3. The Labute approximate surface area is 122 Å². The van der Waals surface area contributed by atoms with Gasteiger partial charge in [0, 0.05) is 29.4 Å². The average Bonchev–Trinajstić information content (AvgIpc) is 2.75. The van der Waals surface area contributed by atoms with Crippen LogP contribution in [0.1, 0.15) is 58.6 Å². The van der Waals surface area contributed by atoms with E-state index in [0.717, 1.165) is 30.8 Å². The van der Waals surface area contributed by atoms with Gasteiger partial charge in [-0.25, -0.2) is 4.39 Å². The van der Waals surface area contributed by atoms with Gasteiger partial charge in [-0.1, -0.05) is 13.0 Å². The monoisotopic (exact) mass is 278 g/mol. The number of hydrogen-bond acceptors (Lipinski definition) is 2. The van der Waals surface area contributed by atoms with Crippen LogP contribution in [0.4, 0.5) is 10.1 Å². The number of anilines is 1. The van der Waals surface area contributed by atoms with Crippen molar-refractivity contribution >= 4 is 5.69 Å². The lowest BCUT2D eigenvalue weighted by Gasteiger charge is -2.36. The fraction of sp³-hybridized carbons (Fsp3) is 0.647. The normalized spacial score (nSPS) is 19.4. The summed E-state index contributed by atoms with van der Waals surface area (Å²) in [6, 6.07) is 5.51. The molecule has 0 amide bonds. The summed E-state index contributed by atoms with van der Waals surface area (Å²) in [4.78, 5) is 2.37. The molecule has 1 aliphatic rings. The van der Waals surface area contributed by atoms with Gasteiger partial charge in [-0.2, -0.15) is 0 Å². The molecule has 0 radical (unpaired) electrons. The van der Waals surface area contributed by atoms with Crippen molar-refractivity contribution in [2.24, 2.45) is 0 Å². The van der Waals surface area contributed by atoms with Crippen molar-refractivity contribution in [3.05, 3.63) is 29.6 Å². The van der Waals surface area contributed by atoms with Crippen LogP contribution in [0.2, 0.25) is 0 Å². The molecule has 1 aliphatic heterocycles. The first kappa shape index (κ1) is 15.3. The highest BCUT2D eigenvalue weighted by Crippen LogP contribution is 2.38. The maximum Gasteiger partial charge on any atom is 0.130 e. The van der Waals surface area contributed by atoms with E-state index in [1.807, 2.05) is 6.07 Å². The van der Waals surface area contributed by atoms with Gasteiger partial charge in [0.2, 0.25) is 0 Å². The van der Waals surface area contributed by atoms with E-state index in [1.54, 1.807) is 6.07 Å². The van der Waals surface area contributed by atoms with Gasteiger partial charge in [0.05, 0.1) is 0 Å². The summed E-state index contributed by atoms with van der Waals surface area (Å²) in [6.07, 6.45) is 3.41. The predicted molar refractivity (Wildman–Crippen MR) is 83.8 cm³/mol. The number of nitrogens with one attached hydrogen (secondary N) is 1. The Hall–Kier alpha value is -1.09. The van der Waals surface area contributed by atoms with Crippen LogP contribution < -0.4 is 10.2 Å². The Bertz CT molecular complexity index is 456. The molecule has 1 aromatic rings. The van der Waals surface area contributed by atoms with Gasteiger partial charge < -0.3 is 10.2 Å². The van der Waals surface area contributed by atoms with Crippen molar-refractivity contribution in [3.8, 4) is 0 Å². The highest BCUT2D eigenvalue weighted by atomic mass is 19.1.